The molecule has 0 spiro atoms. The second-order valence-electron chi connectivity index (χ2n) is 4.56. The van der Waals surface area contributed by atoms with Gasteiger partial charge in [-0.15, -0.1) is 4.83 Å². The predicted octanol–water partition coefficient (Wildman–Crippen LogP) is 0.611. The van der Waals surface area contributed by atoms with E-state index >= 15 is 0 Å². The third-order valence-electron chi connectivity index (χ3n) is 2.85. The van der Waals surface area contributed by atoms with Crippen LogP contribution in [0.3, 0.4) is 0 Å². The van der Waals surface area contributed by atoms with Crippen LogP contribution in [0, 0.1) is 0 Å². The van der Waals surface area contributed by atoms with Crippen molar-refractivity contribution in [1.29, 1.82) is 0 Å². The fourth-order valence-corrected chi connectivity index (χ4v) is 3.64. The van der Waals surface area contributed by atoms with Gasteiger partial charge < -0.3 is 0 Å². The molecule has 2 aromatic rings. The standard InChI is InChI=1S/C13H12ClN3O5S2/c14-11-7-6-9(8-12(11)23(15,19)20)13(18)16-17-24(21,22)10-4-2-1-3-5-10/h1-8,17H,(H,16,18)(H2,15,19,20). The molecule has 0 unspecified atom stereocenters. The number of nitrogens with one attached hydrogen (secondary N) is 2. The molecule has 0 aliphatic heterocycles. The van der Waals surface area contributed by atoms with Gasteiger partial charge in [0.15, 0.2) is 0 Å². The zero-order chi connectivity index (χ0) is 18.0. The monoisotopic (exact) mass is 389 g/mol. The minimum absolute atomic E-state index is 0.0494. The normalized spacial score (nSPS) is 11.9. The predicted molar refractivity (Wildman–Crippen MR) is 87.1 cm³/mol. The zero-order valence-corrected chi connectivity index (χ0v) is 14.3. The molecule has 0 aromatic heterocycles. The van der Waals surface area contributed by atoms with Crippen molar-refractivity contribution in [3.8, 4) is 0 Å². The van der Waals surface area contributed by atoms with E-state index in [0.29, 0.717) is 0 Å². The Morgan fingerprint density at radius 2 is 1.62 bits per heavy atom. The number of sulfonamides is 2. The van der Waals surface area contributed by atoms with E-state index < -0.39 is 30.8 Å². The molecule has 24 heavy (non-hydrogen) atoms. The van der Waals surface area contributed by atoms with Gasteiger partial charge >= 0.3 is 0 Å². The Labute approximate surface area is 143 Å². The summed E-state index contributed by atoms with van der Waals surface area (Å²) in [6.45, 7) is 0. The minimum atomic E-state index is -4.13. The molecule has 0 heterocycles. The van der Waals surface area contributed by atoms with Crippen molar-refractivity contribution in [2.24, 2.45) is 5.14 Å². The van der Waals surface area contributed by atoms with Crippen LogP contribution in [0.25, 0.3) is 0 Å². The summed E-state index contributed by atoms with van der Waals surface area (Å²) in [5.41, 5.74) is 1.84. The Morgan fingerprint density at radius 1 is 1.00 bits per heavy atom. The summed E-state index contributed by atoms with van der Waals surface area (Å²) < 4.78 is 46.7. The van der Waals surface area contributed by atoms with Gasteiger partial charge in [0, 0.05) is 5.56 Å². The second-order valence-corrected chi connectivity index (χ2v) is 8.18. The van der Waals surface area contributed by atoms with E-state index in [4.69, 9.17) is 16.7 Å². The lowest BCUT2D eigenvalue weighted by molar-refractivity contribution is 0.0945. The highest BCUT2D eigenvalue weighted by atomic mass is 35.5. The van der Waals surface area contributed by atoms with Crippen molar-refractivity contribution in [2.75, 3.05) is 0 Å². The molecule has 4 N–H and O–H groups in total. The number of rotatable bonds is 5. The highest BCUT2D eigenvalue weighted by Gasteiger charge is 2.18. The SMILES string of the molecule is NS(=O)(=O)c1cc(C(=O)NNS(=O)(=O)c2ccccc2)ccc1Cl. The van der Waals surface area contributed by atoms with Crippen LogP contribution < -0.4 is 15.4 Å². The Hall–Kier alpha value is -1.98. The Kier molecular flexibility index (Phi) is 5.26. The van der Waals surface area contributed by atoms with Gasteiger partial charge in [-0.3, -0.25) is 10.2 Å². The van der Waals surface area contributed by atoms with E-state index in [1.807, 2.05) is 10.3 Å². The van der Waals surface area contributed by atoms with Crippen LogP contribution in [0.4, 0.5) is 0 Å². The first kappa shape index (κ1) is 18.4. The minimum Gasteiger partial charge on any atom is -0.273 e. The first-order chi connectivity index (χ1) is 11.1. The fraction of sp³-hybridized carbons (Fsp3) is 0. The maximum Gasteiger partial charge on any atom is 0.266 e. The Morgan fingerprint density at radius 3 is 2.21 bits per heavy atom. The molecule has 0 saturated carbocycles. The highest BCUT2D eigenvalue weighted by molar-refractivity contribution is 7.89. The number of benzene rings is 2. The van der Waals surface area contributed by atoms with E-state index in [9.17, 15) is 21.6 Å². The number of hydrazine groups is 1. The summed E-state index contributed by atoms with van der Waals surface area (Å²) in [6.07, 6.45) is 0. The molecule has 0 saturated heterocycles. The van der Waals surface area contributed by atoms with Crippen molar-refractivity contribution in [2.45, 2.75) is 9.79 Å². The van der Waals surface area contributed by atoms with E-state index in [1.54, 1.807) is 6.07 Å². The molecule has 11 heteroatoms. The van der Waals surface area contributed by atoms with Crippen molar-refractivity contribution in [1.82, 2.24) is 10.3 Å². The van der Waals surface area contributed by atoms with Crippen molar-refractivity contribution < 1.29 is 21.6 Å². The molecular formula is C13H12ClN3O5S2. The number of hydrogen-bond donors (Lipinski definition) is 3. The van der Waals surface area contributed by atoms with Crippen LogP contribution >= 0.6 is 11.6 Å². The molecule has 2 aromatic carbocycles. The zero-order valence-electron chi connectivity index (χ0n) is 11.9. The van der Waals surface area contributed by atoms with Gasteiger partial charge in [0.1, 0.15) is 4.90 Å². The molecule has 0 aliphatic carbocycles. The summed E-state index contributed by atoms with van der Waals surface area (Å²) in [5.74, 6) is -0.879. The van der Waals surface area contributed by atoms with Crippen LogP contribution in [0.5, 0.6) is 0 Å². The summed E-state index contributed by atoms with van der Waals surface area (Å²) in [7, 11) is -8.09. The number of amides is 1. The highest BCUT2D eigenvalue weighted by Crippen LogP contribution is 2.21. The lowest BCUT2D eigenvalue weighted by Gasteiger charge is -2.09. The molecule has 1 amide bonds. The molecule has 0 fully saturated rings. The van der Waals surface area contributed by atoms with Crippen molar-refractivity contribution >= 4 is 37.6 Å². The molecule has 0 radical (unpaired) electrons. The van der Waals surface area contributed by atoms with E-state index in [1.165, 1.54) is 36.4 Å². The average Bonchev–Trinajstić information content (AvgIpc) is 2.53. The molecule has 0 bridgehead atoms. The molecule has 2 rings (SSSR count). The molecule has 0 atom stereocenters. The molecule has 0 aliphatic rings. The third kappa shape index (κ3) is 4.30. The largest absolute Gasteiger partial charge is 0.273 e. The van der Waals surface area contributed by atoms with Gasteiger partial charge in [0.25, 0.3) is 15.9 Å². The van der Waals surface area contributed by atoms with Crippen LogP contribution in [-0.4, -0.2) is 22.7 Å². The number of primary sulfonamides is 1. The summed E-state index contributed by atoms with van der Waals surface area (Å²) >= 11 is 5.71. The van der Waals surface area contributed by atoms with Gasteiger partial charge in [-0.05, 0) is 30.3 Å². The maximum absolute atomic E-state index is 12.0. The summed E-state index contributed by atoms with van der Waals surface area (Å²) in [5, 5.41) is 4.84. The van der Waals surface area contributed by atoms with Crippen LogP contribution in [0.1, 0.15) is 10.4 Å². The van der Waals surface area contributed by atoms with Crippen molar-refractivity contribution in [3.63, 3.8) is 0 Å². The maximum atomic E-state index is 12.0. The number of carbonyl (C=O) groups is 1. The van der Waals surface area contributed by atoms with E-state index in [-0.39, 0.29) is 15.5 Å². The number of nitrogens with two attached hydrogens (primary N) is 1. The quantitative estimate of drug-likeness (QED) is 0.644. The summed E-state index contributed by atoms with van der Waals surface area (Å²) in [6, 6.07) is 10.7. The summed E-state index contributed by atoms with van der Waals surface area (Å²) in [4.78, 5) is 13.4. The van der Waals surface area contributed by atoms with Gasteiger partial charge in [-0.2, -0.15) is 0 Å². The van der Waals surface area contributed by atoms with Crippen LogP contribution in [-0.2, 0) is 20.0 Å². The third-order valence-corrected chi connectivity index (χ3v) is 5.51. The average molecular weight is 390 g/mol. The lowest BCUT2D eigenvalue weighted by atomic mass is 10.2. The van der Waals surface area contributed by atoms with Gasteiger partial charge in [0.05, 0.1) is 9.92 Å². The van der Waals surface area contributed by atoms with Crippen LogP contribution in [0.2, 0.25) is 5.02 Å². The second kappa shape index (κ2) is 6.87. The molecule has 128 valence electrons. The fourth-order valence-electron chi connectivity index (χ4n) is 1.71. The van der Waals surface area contributed by atoms with Crippen LogP contribution in [0.15, 0.2) is 58.3 Å². The Bertz CT molecular complexity index is 976. The van der Waals surface area contributed by atoms with Gasteiger partial charge in [0.2, 0.25) is 10.0 Å². The Balaban J connectivity index is 2.20. The van der Waals surface area contributed by atoms with E-state index in [0.717, 1.165) is 6.07 Å². The van der Waals surface area contributed by atoms with Gasteiger partial charge in [-0.25, -0.2) is 22.0 Å². The lowest BCUT2D eigenvalue weighted by Crippen LogP contribution is -2.41. The molecule has 8 nitrogen and oxygen atoms in total. The number of hydrogen-bond acceptors (Lipinski definition) is 5. The van der Waals surface area contributed by atoms with E-state index in [2.05, 4.69) is 0 Å². The first-order valence-corrected chi connectivity index (χ1v) is 9.71. The smallest absolute Gasteiger partial charge is 0.266 e. The van der Waals surface area contributed by atoms with Crippen molar-refractivity contribution in [3.05, 3.63) is 59.1 Å². The molecular weight excluding hydrogens is 378 g/mol. The number of carbonyl (C=O) groups excluding carboxylic acids is 1. The first-order valence-electron chi connectivity index (χ1n) is 6.31. The number of halogens is 1. The van der Waals surface area contributed by atoms with Gasteiger partial charge in [-0.1, -0.05) is 29.8 Å². The topological polar surface area (TPSA) is 135 Å².